The van der Waals surface area contributed by atoms with Crippen LogP contribution in [-0.4, -0.2) is 51.0 Å². The van der Waals surface area contributed by atoms with Crippen LogP contribution in [0.1, 0.15) is 51.4 Å². The molecule has 0 aliphatic heterocycles. The van der Waals surface area contributed by atoms with Gasteiger partial charge in [-0.15, -0.1) is 10.2 Å². The number of benzene rings is 1. The van der Waals surface area contributed by atoms with Crippen LogP contribution in [0.25, 0.3) is 5.69 Å². The number of nitrogens with one attached hydrogen (secondary N) is 1. The van der Waals surface area contributed by atoms with Crippen LogP contribution < -0.4 is 5.32 Å². The lowest BCUT2D eigenvalue weighted by atomic mass is 10.2. The summed E-state index contributed by atoms with van der Waals surface area (Å²) in [5, 5.41) is 13.2. The third-order valence-corrected chi connectivity index (χ3v) is 6.54. The maximum atomic E-state index is 12.6. The number of aromatic nitrogens is 3. The second kappa shape index (κ2) is 9.29. The molecule has 2 aromatic rings. The van der Waals surface area contributed by atoms with E-state index in [9.17, 15) is 4.79 Å². The van der Waals surface area contributed by atoms with Gasteiger partial charge in [0, 0.05) is 16.8 Å². The molecule has 0 spiro atoms. The fourth-order valence-electron chi connectivity index (χ4n) is 3.29. The Bertz CT molecular complexity index is 801. The van der Waals surface area contributed by atoms with Crippen molar-refractivity contribution in [3.63, 3.8) is 0 Å². The van der Waals surface area contributed by atoms with Gasteiger partial charge in [0.15, 0.2) is 11.0 Å². The maximum Gasteiger partial charge on any atom is 0.233 e. The van der Waals surface area contributed by atoms with E-state index in [0.29, 0.717) is 16.2 Å². The number of carbonyl (C=O) groups excluding carboxylic acids is 1. The monoisotopic (exact) mass is 421 g/mol. The Labute approximate surface area is 176 Å². The SMILES string of the molecule is CC(Sc1nnc(C(C)N(C)C)n1-c1ccc(Cl)cc1)C(=O)NC1CCCC1. The van der Waals surface area contributed by atoms with Crippen molar-refractivity contribution < 1.29 is 4.79 Å². The van der Waals surface area contributed by atoms with Crippen molar-refractivity contribution in [2.24, 2.45) is 0 Å². The molecule has 6 nitrogen and oxygen atoms in total. The smallest absolute Gasteiger partial charge is 0.233 e. The van der Waals surface area contributed by atoms with Crippen molar-refractivity contribution >= 4 is 29.3 Å². The van der Waals surface area contributed by atoms with Crippen LogP contribution in [0.15, 0.2) is 29.4 Å². The topological polar surface area (TPSA) is 63.1 Å². The molecule has 152 valence electrons. The average molecular weight is 422 g/mol. The predicted molar refractivity (Wildman–Crippen MR) is 114 cm³/mol. The molecule has 0 bridgehead atoms. The molecular formula is C20H28ClN5OS. The Balaban J connectivity index is 1.85. The van der Waals surface area contributed by atoms with Crippen molar-refractivity contribution in [1.82, 2.24) is 25.0 Å². The summed E-state index contributed by atoms with van der Waals surface area (Å²) >= 11 is 7.50. The Morgan fingerprint density at radius 1 is 1.21 bits per heavy atom. The summed E-state index contributed by atoms with van der Waals surface area (Å²) < 4.78 is 2.02. The van der Waals surface area contributed by atoms with Crippen molar-refractivity contribution in [2.45, 2.75) is 62.0 Å². The molecule has 1 amide bonds. The third kappa shape index (κ3) is 4.88. The molecule has 1 aromatic carbocycles. The lowest BCUT2D eigenvalue weighted by Crippen LogP contribution is -2.37. The van der Waals surface area contributed by atoms with Crippen LogP contribution >= 0.6 is 23.4 Å². The number of amides is 1. The highest BCUT2D eigenvalue weighted by atomic mass is 35.5. The predicted octanol–water partition coefficient (Wildman–Crippen LogP) is 4.08. The van der Waals surface area contributed by atoms with E-state index < -0.39 is 0 Å². The highest BCUT2D eigenvalue weighted by Crippen LogP contribution is 2.30. The van der Waals surface area contributed by atoms with E-state index >= 15 is 0 Å². The zero-order chi connectivity index (χ0) is 20.3. The molecule has 1 saturated carbocycles. The number of halogens is 1. The Hall–Kier alpha value is -1.57. The lowest BCUT2D eigenvalue weighted by Gasteiger charge is -2.21. The van der Waals surface area contributed by atoms with E-state index in [1.54, 1.807) is 0 Å². The number of rotatable bonds is 7. The summed E-state index contributed by atoms with van der Waals surface area (Å²) in [6.45, 7) is 4.01. The van der Waals surface area contributed by atoms with Crippen LogP contribution in [0, 0.1) is 0 Å². The highest BCUT2D eigenvalue weighted by molar-refractivity contribution is 8.00. The van der Waals surface area contributed by atoms with Gasteiger partial charge in [0.2, 0.25) is 5.91 Å². The summed E-state index contributed by atoms with van der Waals surface area (Å²) in [4.78, 5) is 14.7. The van der Waals surface area contributed by atoms with Gasteiger partial charge in [0.05, 0.1) is 11.3 Å². The molecule has 3 rings (SSSR count). The molecule has 1 N–H and O–H groups in total. The van der Waals surface area contributed by atoms with Gasteiger partial charge in [-0.25, -0.2) is 0 Å². The zero-order valence-electron chi connectivity index (χ0n) is 16.9. The van der Waals surface area contributed by atoms with Gasteiger partial charge in [0.1, 0.15) is 0 Å². The molecular weight excluding hydrogens is 394 g/mol. The van der Waals surface area contributed by atoms with Crippen LogP contribution in [0.4, 0.5) is 0 Å². The molecule has 0 saturated heterocycles. The van der Waals surface area contributed by atoms with Gasteiger partial charge in [-0.1, -0.05) is 36.2 Å². The van der Waals surface area contributed by atoms with Crippen molar-refractivity contribution in [1.29, 1.82) is 0 Å². The second-order valence-electron chi connectivity index (χ2n) is 7.54. The molecule has 28 heavy (non-hydrogen) atoms. The molecule has 1 aromatic heterocycles. The minimum Gasteiger partial charge on any atom is -0.352 e. The third-order valence-electron chi connectivity index (χ3n) is 5.24. The normalized spacial score (nSPS) is 17.1. The molecule has 1 aliphatic rings. The fraction of sp³-hybridized carbons (Fsp3) is 0.550. The minimum absolute atomic E-state index is 0.0600. The van der Waals surface area contributed by atoms with Gasteiger partial charge in [-0.05, 0) is 65.0 Å². The van der Waals surface area contributed by atoms with Crippen LogP contribution in [-0.2, 0) is 4.79 Å². The highest BCUT2D eigenvalue weighted by Gasteiger charge is 2.26. The average Bonchev–Trinajstić information content (AvgIpc) is 3.31. The maximum absolute atomic E-state index is 12.6. The van der Waals surface area contributed by atoms with Gasteiger partial charge >= 0.3 is 0 Å². The summed E-state index contributed by atoms with van der Waals surface area (Å²) in [6.07, 6.45) is 4.55. The van der Waals surface area contributed by atoms with E-state index in [-0.39, 0.29) is 17.2 Å². The summed E-state index contributed by atoms with van der Waals surface area (Å²) in [6, 6.07) is 7.99. The summed E-state index contributed by atoms with van der Waals surface area (Å²) in [5.41, 5.74) is 0.934. The minimum atomic E-state index is -0.252. The molecule has 1 fully saturated rings. The van der Waals surface area contributed by atoms with E-state index in [0.717, 1.165) is 24.4 Å². The summed E-state index contributed by atoms with van der Waals surface area (Å²) in [7, 11) is 4.02. The van der Waals surface area contributed by atoms with Crippen LogP contribution in [0.2, 0.25) is 5.02 Å². The zero-order valence-corrected chi connectivity index (χ0v) is 18.4. The number of thioether (sulfide) groups is 1. The van der Waals surface area contributed by atoms with Gasteiger partial charge in [-0.2, -0.15) is 0 Å². The molecule has 0 radical (unpaired) electrons. The number of hydrogen-bond donors (Lipinski definition) is 1. The van der Waals surface area contributed by atoms with Crippen LogP contribution in [0.5, 0.6) is 0 Å². The van der Waals surface area contributed by atoms with E-state index in [1.165, 1.54) is 24.6 Å². The van der Waals surface area contributed by atoms with E-state index in [2.05, 4.69) is 27.3 Å². The van der Waals surface area contributed by atoms with Gasteiger partial charge in [0.25, 0.3) is 0 Å². The van der Waals surface area contributed by atoms with Crippen molar-refractivity contribution in [2.75, 3.05) is 14.1 Å². The van der Waals surface area contributed by atoms with Crippen molar-refractivity contribution in [3.8, 4) is 5.69 Å². The summed E-state index contributed by atoms with van der Waals surface area (Å²) in [5.74, 6) is 0.892. The lowest BCUT2D eigenvalue weighted by molar-refractivity contribution is -0.120. The Kier molecular flexibility index (Phi) is 7.01. The quantitative estimate of drug-likeness (QED) is 0.682. The number of carbonyl (C=O) groups is 1. The first-order valence-electron chi connectivity index (χ1n) is 9.71. The van der Waals surface area contributed by atoms with Gasteiger partial charge in [-0.3, -0.25) is 14.3 Å². The first-order chi connectivity index (χ1) is 13.4. The first kappa shape index (κ1) is 21.1. The molecule has 1 heterocycles. The van der Waals surface area contributed by atoms with E-state index in [1.807, 2.05) is 49.9 Å². The second-order valence-corrected chi connectivity index (χ2v) is 9.29. The fourth-order valence-corrected chi connectivity index (χ4v) is 4.30. The van der Waals surface area contributed by atoms with Gasteiger partial charge < -0.3 is 5.32 Å². The molecule has 2 unspecified atom stereocenters. The van der Waals surface area contributed by atoms with Crippen molar-refractivity contribution in [3.05, 3.63) is 35.1 Å². The molecule has 2 atom stereocenters. The van der Waals surface area contributed by atoms with Crippen LogP contribution in [0.3, 0.4) is 0 Å². The Morgan fingerprint density at radius 2 is 1.86 bits per heavy atom. The Morgan fingerprint density at radius 3 is 2.46 bits per heavy atom. The largest absolute Gasteiger partial charge is 0.352 e. The number of hydrogen-bond acceptors (Lipinski definition) is 5. The molecule has 1 aliphatic carbocycles. The number of nitrogens with zero attached hydrogens (tertiary/aromatic N) is 4. The molecule has 8 heteroatoms. The van der Waals surface area contributed by atoms with E-state index in [4.69, 9.17) is 11.6 Å². The standard InChI is InChI=1S/C20H28ClN5OS/c1-13(25(3)4)18-23-24-20(26(18)17-11-9-15(21)10-12-17)28-14(2)19(27)22-16-7-5-6-8-16/h9-14,16H,5-8H2,1-4H3,(H,22,27). The first-order valence-corrected chi connectivity index (χ1v) is 11.0.